The fourth-order valence-corrected chi connectivity index (χ4v) is 3.14. The first-order valence-electron chi connectivity index (χ1n) is 6.87. The van der Waals surface area contributed by atoms with Crippen molar-refractivity contribution < 1.29 is 4.39 Å². The Balaban J connectivity index is 1.58. The highest BCUT2D eigenvalue weighted by molar-refractivity contribution is 5.61. The predicted molar refractivity (Wildman–Crippen MR) is 75.0 cm³/mol. The van der Waals surface area contributed by atoms with Gasteiger partial charge in [0.2, 0.25) is 0 Å². The van der Waals surface area contributed by atoms with Gasteiger partial charge in [-0.15, -0.1) is 0 Å². The molecular weight excluding hydrogens is 255 g/mol. The van der Waals surface area contributed by atoms with E-state index in [-0.39, 0.29) is 0 Å². The lowest BCUT2D eigenvalue weighted by Crippen LogP contribution is -2.43. The third-order valence-electron chi connectivity index (χ3n) is 4.13. The number of anilines is 1. The molecule has 4 rings (SSSR count). The molecule has 2 saturated heterocycles. The van der Waals surface area contributed by atoms with E-state index in [1.54, 1.807) is 0 Å². The SMILES string of the molecule is Fc1cnc(-c2ccc(N3C[C@@H]4C[C@H]3CN4)cc2)nc1. The first kappa shape index (κ1) is 11.8. The van der Waals surface area contributed by atoms with Crippen LogP contribution in [0.2, 0.25) is 0 Å². The van der Waals surface area contributed by atoms with Crippen LogP contribution in [0.25, 0.3) is 11.4 Å². The number of hydrogen-bond donors (Lipinski definition) is 1. The van der Waals surface area contributed by atoms with Gasteiger partial charge in [-0.05, 0) is 30.7 Å². The van der Waals surface area contributed by atoms with Gasteiger partial charge in [-0.25, -0.2) is 14.4 Å². The van der Waals surface area contributed by atoms with Crippen LogP contribution in [-0.2, 0) is 0 Å². The fourth-order valence-electron chi connectivity index (χ4n) is 3.14. The number of aromatic nitrogens is 2. The molecule has 0 aliphatic carbocycles. The summed E-state index contributed by atoms with van der Waals surface area (Å²) in [6.07, 6.45) is 3.63. The van der Waals surface area contributed by atoms with E-state index in [2.05, 4.69) is 32.3 Å². The average Bonchev–Trinajstić information content (AvgIpc) is 3.11. The van der Waals surface area contributed by atoms with Crippen molar-refractivity contribution in [3.05, 3.63) is 42.5 Å². The van der Waals surface area contributed by atoms with Gasteiger partial charge in [0.1, 0.15) is 0 Å². The predicted octanol–water partition coefficient (Wildman–Crippen LogP) is 1.83. The molecule has 2 aromatic rings. The molecule has 2 atom stereocenters. The van der Waals surface area contributed by atoms with Gasteiger partial charge in [0.25, 0.3) is 0 Å². The van der Waals surface area contributed by atoms with E-state index in [0.717, 1.165) is 18.7 Å². The lowest BCUT2D eigenvalue weighted by molar-refractivity contribution is 0.580. The van der Waals surface area contributed by atoms with Crippen molar-refractivity contribution in [3.8, 4) is 11.4 Å². The monoisotopic (exact) mass is 270 g/mol. The van der Waals surface area contributed by atoms with E-state index >= 15 is 0 Å². The van der Waals surface area contributed by atoms with Crippen molar-refractivity contribution >= 4 is 5.69 Å². The Hall–Kier alpha value is -2.01. The highest BCUT2D eigenvalue weighted by atomic mass is 19.1. The molecule has 1 N–H and O–H groups in total. The van der Waals surface area contributed by atoms with Crippen molar-refractivity contribution in [2.45, 2.75) is 18.5 Å². The van der Waals surface area contributed by atoms with Crippen molar-refractivity contribution in [2.75, 3.05) is 18.0 Å². The highest BCUT2D eigenvalue weighted by Crippen LogP contribution is 2.30. The molecule has 3 heterocycles. The molecule has 2 fully saturated rings. The number of benzene rings is 1. The molecule has 1 aromatic carbocycles. The molecule has 1 aromatic heterocycles. The average molecular weight is 270 g/mol. The van der Waals surface area contributed by atoms with Crippen LogP contribution >= 0.6 is 0 Å². The number of nitrogens with one attached hydrogen (secondary N) is 1. The Morgan fingerprint density at radius 2 is 1.90 bits per heavy atom. The van der Waals surface area contributed by atoms with Gasteiger partial charge in [0.05, 0.1) is 12.4 Å². The Labute approximate surface area is 116 Å². The summed E-state index contributed by atoms with van der Waals surface area (Å²) < 4.78 is 12.8. The Kier molecular flexibility index (Phi) is 2.67. The first-order chi connectivity index (χ1) is 9.79. The van der Waals surface area contributed by atoms with Crippen LogP contribution in [0.1, 0.15) is 6.42 Å². The van der Waals surface area contributed by atoms with Crippen molar-refractivity contribution in [1.82, 2.24) is 15.3 Å². The van der Waals surface area contributed by atoms with Crippen LogP contribution < -0.4 is 10.2 Å². The van der Waals surface area contributed by atoms with Crippen molar-refractivity contribution in [3.63, 3.8) is 0 Å². The summed E-state index contributed by atoms with van der Waals surface area (Å²) in [5.41, 5.74) is 2.15. The van der Waals surface area contributed by atoms with Gasteiger partial charge in [-0.3, -0.25) is 0 Å². The molecule has 4 nitrogen and oxygen atoms in total. The molecule has 102 valence electrons. The maximum atomic E-state index is 12.8. The second-order valence-corrected chi connectivity index (χ2v) is 5.42. The van der Waals surface area contributed by atoms with E-state index in [9.17, 15) is 4.39 Å². The summed E-state index contributed by atoms with van der Waals surface area (Å²) in [6, 6.07) is 9.46. The molecule has 0 amide bonds. The van der Waals surface area contributed by atoms with Crippen LogP contribution in [0.5, 0.6) is 0 Å². The first-order valence-corrected chi connectivity index (χ1v) is 6.87. The Morgan fingerprint density at radius 3 is 2.50 bits per heavy atom. The zero-order valence-electron chi connectivity index (χ0n) is 11.0. The fraction of sp³-hybridized carbons (Fsp3) is 0.333. The van der Waals surface area contributed by atoms with Crippen LogP contribution in [0.4, 0.5) is 10.1 Å². The maximum Gasteiger partial charge on any atom is 0.159 e. The molecule has 2 bridgehead atoms. The molecule has 0 unspecified atom stereocenters. The molecular formula is C15H15FN4. The molecule has 0 spiro atoms. The van der Waals surface area contributed by atoms with Gasteiger partial charge in [0, 0.05) is 36.4 Å². The summed E-state index contributed by atoms with van der Waals surface area (Å²) in [4.78, 5) is 10.5. The largest absolute Gasteiger partial charge is 0.366 e. The lowest BCUT2D eigenvalue weighted by Gasteiger charge is -2.29. The van der Waals surface area contributed by atoms with E-state index in [1.165, 1.54) is 24.5 Å². The third kappa shape index (κ3) is 1.94. The van der Waals surface area contributed by atoms with Crippen LogP contribution in [0.15, 0.2) is 36.7 Å². The van der Waals surface area contributed by atoms with Crippen LogP contribution in [-0.4, -0.2) is 35.1 Å². The lowest BCUT2D eigenvalue weighted by atomic mass is 10.1. The smallest absolute Gasteiger partial charge is 0.159 e. The summed E-state index contributed by atoms with van der Waals surface area (Å²) in [7, 11) is 0. The number of fused-ring (bicyclic) bond motifs is 2. The van der Waals surface area contributed by atoms with E-state index in [0.29, 0.717) is 17.9 Å². The van der Waals surface area contributed by atoms with Gasteiger partial charge < -0.3 is 10.2 Å². The molecule has 2 aliphatic heterocycles. The summed E-state index contributed by atoms with van der Waals surface area (Å²) in [5.74, 6) is 0.147. The van der Waals surface area contributed by atoms with Gasteiger partial charge in [0.15, 0.2) is 11.6 Å². The van der Waals surface area contributed by atoms with Gasteiger partial charge >= 0.3 is 0 Å². The molecule has 5 heteroatoms. The maximum absolute atomic E-state index is 12.8. The van der Waals surface area contributed by atoms with Gasteiger partial charge in [-0.2, -0.15) is 0 Å². The number of nitrogens with zero attached hydrogens (tertiary/aromatic N) is 3. The zero-order valence-corrected chi connectivity index (χ0v) is 11.0. The van der Waals surface area contributed by atoms with Crippen molar-refractivity contribution in [2.24, 2.45) is 0 Å². The summed E-state index contributed by atoms with van der Waals surface area (Å²) in [6.45, 7) is 2.16. The minimum absolute atomic E-state index is 0.411. The minimum Gasteiger partial charge on any atom is -0.366 e. The van der Waals surface area contributed by atoms with E-state index < -0.39 is 5.82 Å². The molecule has 2 aliphatic rings. The highest BCUT2D eigenvalue weighted by Gasteiger charge is 2.37. The summed E-state index contributed by atoms with van der Waals surface area (Å²) in [5, 5.41) is 3.50. The minimum atomic E-state index is -0.411. The molecule has 20 heavy (non-hydrogen) atoms. The molecule has 0 radical (unpaired) electrons. The normalized spacial score (nSPS) is 24.4. The number of halogens is 1. The number of hydrogen-bond acceptors (Lipinski definition) is 4. The third-order valence-corrected chi connectivity index (χ3v) is 4.13. The topological polar surface area (TPSA) is 41.1 Å². The van der Waals surface area contributed by atoms with E-state index in [4.69, 9.17) is 0 Å². The quantitative estimate of drug-likeness (QED) is 0.904. The van der Waals surface area contributed by atoms with Crippen LogP contribution in [0, 0.1) is 5.82 Å². The zero-order chi connectivity index (χ0) is 13.5. The van der Waals surface area contributed by atoms with Crippen molar-refractivity contribution in [1.29, 1.82) is 0 Å². The Morgan fingerprint density at radius 1 is 1.15 bits per heavy atom. The number of piperazine rings is 1. The second-order valence-electron chi connectivity index (χ2n) is 5.42. The van der Waals surface area contributed by atoms with Gasteiger partial charge in [-0.1, -0.05) is 0 Å². The Bertz CT molecular complexity index is 611. The van der Waals surface area contributed by atoms with Crippen LogP contribution in [0.3, 0.4) is 0 Å². The second kappa shape index (κ2) is 4.52. The summed E-state index contributed by atoms with van der Waals surface area (Å²) >= 11 is 0. The standard InChI is InChI=1S/C15H15FN4/c16-11-6-18-15(19-7-11)10-1-3-13(4-2-10)20-9-12-5-14(20)8-17-12/h1-4,6-7,12,14,17H,5,8-9H2/t12-,14-/m0/s1. The molecule has 0 saturated carbocycles. The van der Waals surface area contributed by atoms with E-state index in [1.807, 2.05) is 12.1 Å². The number of rotatable bonds is 2.